The van der Waals surface area contributed by atoms with Crippen LogP contribution >= 0.6 is 12.4 Å². The van der Waals surface area contributed by atoms with Gasteiger partial charge >= 0.3 is 0 Å². The zero-order valence-corrected chi connectivity index (χ0v) is 13.4. The molecule has 7 heteroatoms. The normalized spacial score (nSPS) is 16.5. The molecule has 0 saturated carbocycles. The second-order valence-electron chi connectivity index (χ2n) is 4.93. The second kappa shape index (κ2) is 9.27. The summed E-state index contributed by atoms with van der Waals surface area (Å²) in [5.41, 5.74) is 0.743. The van der Waals surface area contributed by atoms with Gasteiger partial charge in [-0.25, -0.2) is 0 Å². The van der Waals surface area contributed by atoms with Gasteiger partial charge in [-0.15, -0.1) is 12.4 Å². The first-order valence-corrected chi connectivity index (χ1v) is 7.17. The predicted octanol–water partition coefficient (Wildman–Crippen LogP) is 1.31. The first-order chi connectivity index (χ1) is 10.2. The van der Waals surface area contributed by atoms with E-state index >= 15 is 0 Å². The number of anilines is 1. The van der Waals surface area contributed by atoms with E-state index in [2.05, 4.69) is 16.0 Å². The highest BCUT2D eigenvalue weighted by Crippen LogP contribution is 2.17. The fourth-order valence-corrected chi connectivity index (χ4v) is 2.16. The SMILES string of the molecule is CNC(=O)CCOc1ccc(NC(=O)C2CCCN2)cc1.Cl. The number of ether oxygens (including phenoxy) is 1. The molecule has 0 aromatic heterocycles. The minimum absolute atomic E-state index is 0. The molecular formula is C15H22ClN3O3. The zero-order chi connectivity index (χ0) is 15.1. The molecule has 3 N–H and O–H groups in total. The minimum Gasteiger partial charge on any atom is -0.493 e. The number of nitrogens with one attached hydrogen (secondary N) is 3. The average molecular weight is 328 g/mol. The maximum atomic E-state index is 11.9. The van der Waals surface area contributed by atoms with E-state index in [9.17, 15) is 9.59 Å². The summed E-state index contributed by atoms with van der Waals surface area (Å²) in [6.07, 6.45) is 2.24. The molecule has 0 spiro atoms. The van der Waals surface area contributed by atoms with Crippen molar-refractivity contribution in [3.8, 4) is 5.75 Å². The lowest BCUT2D eigenvalue weighted by Gasteiger charge is -2.11. The van der Waals surface area contributed by atoms with Gasteiger partial charge < -0.3 is 20.7 Å². The first kappa shape index (κ1) is 18.3. The number of hydrogen-bond donors (Lipinski definition) is 3. The lowest BCUT2D eigenvalue weighted by Crippen LogP contribution is -2.35. The third-order valence-electron chi connectivity index (χ3n) is 3.38. The van der Waals surface area contributed by atoms with E-state index in [1.807, 2.05) is 0 Å². The van der Waals surface area contributed by atoms with Gasteiger partial charge in [0.05, 0.1) is 19.1 Å². The van der Waals surface area contributed by atoms with Gasteiger partial charge in [0.25, 0.3) is 0 Å². The Bertz CT molecular complexity index is 487. The molecule has 1 aliphatic heterocycles. The van der Waals surface area contributed by atoms with E-state index < -0.39 is 0 Å². The molecule has 1 aromatic rings. The summed E-state index contributed by atoms with van der Waals surface area (Å²) in [7, 11) is 1.60. The van der Waals surface area contributed by atoms with Gasteiger partial charge in [-0.1, -0.05) is 0 Å². The van der Waals surface area contributed by atoms with Crippen molar-refractivity contribution in [2.75, 3.05) is 25.5 Å². The van der Waals surface area contributed by atoms with Crippen LogP contribution in [0.3, 0.4) is 0 Å². The van der Waals surface area contributed by atoms with Crippen LogP contribution in [-0.2, 0) is 9.59 Å². The topological polar surface area (TPSA) is 79.5 Å². The van der Waals surface area contributed by atoms with Crippen molar-refractivity contribution in [1.82, 2.24) is 10.6 Å². The molecule has 122 valence electrons. The van der Waals surface area contributed by atoms with Gasteiger partial charge in [-0.05, 0) is 43.7 Å². The number of rotatable bonds is 6. The van der Waals surface area contributed by atoms with Crippen molar-refractivity contribution in [3.05, 3.63) is 24.3 Å². The smallest absolute Gasteiger partial charge is 0.241 e. The van der Waals surface area contributed by atoms with Gasteiger partial charge in [0, 0.05) is 12.7 Å². The maximum absolute atomic E-state index is 11.9. The molecule has 0 aliphatic carbocycles. The van der Waals surface area contributed by atoms with E-state index in [1.165, 1.54) is 0 Å². The van der Waals surface area contributed by atoms with Crippen molar-refractivity contribution >= 4 is 29.9 Å². The van der Waals surface area contributed by atoms with Crippen LogP contribution in [0.4, 0.5) is 5.69 Å². The van der Waals surface area contributed by atoms with Crippen LogP contribution in [0.5, 0.6) is 5.75 Å². The molecule has 1 atom stereocenters. The number of hydrogen-bond acceptors (Lipinski definition) is 4. The molecule has 1 unspecified atom stereocenters. The lowest BCUT2D eigenvalue weighted by molar-refractivity contribution is -0.121. The van der Waals surface area contributed by atoms with Crippen LogP contribution in [0.2, 0.25) is 0 Å². The molecule has 1 aliphatic rings. The van der Waals surface area contributed by atoms with Gasteiger partial charge in [-0.3, -0.25) is 9.59 Å². The summed E-state index contributed by atoms with van der Waals surface area (Å²) >= 11 is 0. The minimum atomic E-state index is -0.0894. The standard InChI is InChI=1S/C15H21N3O3.ClH/c1-16-14(19)8-10-21-12-6-4-11(5-7-12)18-15(20)13-3-2-9-17-13;/h4-7,13,17H,2-3,8-10H2,1H3,(H,16,19)(H,18,20);1H. The van der Waals surface area contributed by atoms with Crippen molar-refractivity contribution < 1.29 is 14.3 Å². The Hall–Kier alpha value is -1.79. The Morgan fingerprint density at radius 3 is 2.64 bits per heavy atom. The summed E-state index contributed by atoms with van der Waals surface area (Å²) < 4.78 is 5.45. The number of amides is 2. The Balaban J connectivity index is 0.00000242. The molecule has 1 saturated heterocycles. The number of carbonyl (C=O) groups is 2. The van der Waals surface area contributed by atoms with Crippen LogP contribution in [0, 0.1) is 0 Å². The molecule has 1 aromatic carbocycles. The predicted molar refractivity (Wildman–Crippen MR) is 87.5 cm³/mol. The first-order valence-electron chi connectivity index (χ1n) is 7.17. The largest absolute Gasteiger partial charge is 0.493 e. The van der Waals surface area contributed by atoms with E-state index in [1.54, 1.807) is 31.3 Å². The molecule has 2 rings (SSSR count). The third kappa shape index (κ3) is 5.54. The van der Waals surface area contributed by atoms with Gasteiger partial charge in [0.2, 0.25) is 11.8 Å². The Labute approximate surface area is 136 Å². The molecule has 0 bridgehead atoms. The molecule has 2 amide bonds. The number of carbonyl (C=O) groups excluding carboxylic acids is 2. The Morgan fingerprint density at radius 1 is 1.32 bits per heavy atom. The molecule has 6 nitrogen and oxygen atoms in total. The molecule has 1 fully saturated rings. The highest BCUT2D eigenvalue weighted by atomic mass is 35.5. The maximum Gasteiger partial charge on any atom is 0.241 e. The summed E-state index contributed by atoms with van der Waals surface area (Å²) in [5, 5.41) is 8.57. The summed E-state index contributed by atoms with van der Waals surface area (Å²) in [5.74, 6) is 0.625. The van der Waals surface area contributed by atoms with Crippen LogP contribution in [0.25, 0.3) is 0 Å². The fourth-order valence-electron chi connectivity index (χ4n) is 2.16. The number of halogens is 1. The van der Waals surface area contributed by atoms with E-state index in [0.29, 0.717) is 18.8 Å². The highest BCUT2D eigenvalue weighted by molar-refractivity contribution is 5.95. The van der Waals surface area contributed by atoms with Crippen molar-refractivity contribution in [3.63, 3.8) is 0 Å². The number of benzene rings is 1. The van der Waals surface area contributed by atoms with E-state index in [-0.39, 0.29) is 30.3 Å². The summed E-state index contributed by atoms with van der Waals surface area (Å²) in [6.45, 7) is 1.23. The third-order valence-corrected chi connectivity index (χ3v) is 3.38. The van der Waals surface area contributed by atoms with E-state index in [4.69, 9.17) is 4.74 Å². The summed E-state index contributed by atoms with van der Waals surface area (Å²) in [6, 6.07) is 7.06. The van der Waals surface area contributed by atoms with Crippen molar-refractivity contribution in [1.29, 1.82) is 0 Å². The van der Waals surface area contributed by atoms with Gasteiger partial charge in [0.1, 0.15) is 5.75 Å². The Kier molecular flexibility index (Phi) is 7.70. The summed E-state index contributed by atoms with van der Waals surface area (Å²) in [4.78, 5) is 23.0. The van der Waals surface area contributed by atoms with Gasteiger partial charge in [-0.2, -0.15) is 0 Å². The zero-order valence-electron chi connectivity index (χ0n) is 12.6. The van der Waals surface area contributed by atoms with Crippen molar-refractivity contribution in [2.24, 2.45) is 0 Å². The molecule has 0 radical (unpaired) electrons. The van der Waals surface area contributed by atoms with Gasteiger partial charge in [0.15, 0.2) is 0 Å². The lowest BCUT2D eigenvalue weighted by atomic mass is 10.2. The van der Waals surface area contributed by atoms with Crippen LogP contribution in [0.15, 0.2) is 24.3 Å². The van der Waals surface area contributed by atoms with Crippen molar-refractivity contribution in [2.45, 2.75) is 25.3 Å². The molecule has 22 heavy (non-hydrogen) atoms. The van der Waals surface area contributed by atoms with Crippen LogP contribution in [-0.4, -0.2) is 38.1 Å². The fraction of sp³-hybridized carbons (Fsp3) is 0.467. The molecular weight excluding hydrogens is 306 g/mol. The highest BCUT2D eigenvalue weighted by Gasteiger charge is 2.21. The monoisotopic (exact) mass is 327 g/mol. The quantitative estimate of drug-likeness (QED) is 0.736. The van der Waals surface area contributed by atoms with Crippen LogP contribution in [0.1, 0.15) is 19.3 Å². The second-order valence-corrected chi connectivity index (χ2v) is 4.93. The molecule has 1 heterocycles. The van der Waals surface area contributed by atoms with Crippen LogP contribution < -0.4 is 20.7 Å². The Morgan fingerprint density at radius 2 is 2.05 bits per heavy atom. The average Bonchev–Trinajstić information content (AvgIpc) is 3.03. The van der Waals surface area contributed by atoms with E-state index in [0.717, 1.165) is 25.1 Å².